The van der Waals surface area contributed by atoms with E-state index in [2.05, 4.69) is 5.32 Å². The summed E-state index contributed by atoms with van der Waals surface area (Å²) in [5.74, 6) is 0.453. The molecule has 1 amide bonds. The highest BCUT2D eigenvalue weighted by molar-refractivity contribution is 7.92. The van der Waals surface area contributed by atoms with Crippen molar-refractivity contribution >= 4 is 27.3 Å². The van der Waals surface area contributed by atoms with Crippen LogP contribution < -0.4 is 19.1 Å². The van der Waals surface area contributed by atoms with Crippen LogP contribution in [-0.4, -0.2) is 41.3 Å². The minimum Gasteiger partial charge on any atom is -0.496 e. The number of rotatable bonds is 5. The van der Waals surface area contributed by atoms with Gasteiger partial charge in [-0.2, -0.15) is 0 Å². The maximum Gasteiger partial charge on any atom is 0.263 e. The Kier molecular flexibility index (Phi) is 4.78. The van der Waals surface area contributed by atoms with Crippen LogP contribution in [0.3, 0.4) is 0 Å². The molecule has 0 spiro atoms. The maximum absolute atomic E-state index is 12.7. The number of anilines is 2. The van der Waals surface area contributed by atoms with Crippen LogP contribution in [0.4, 0.5) is 11.4 Å². The highest BCUT2D eigenvalue weighted by atomic mass is 32.2. The van der Waals surface area contributed by atoms with Crippen LogP contribution >= 0.6 is 0 Å². The average molecular weight is 376 g/mol. The zero-order chi connectivity index (χ0) is 18.9. The SMILES string of the molecule is COc1cccc(OC)c1C(=O)Nc1ccc2c(c1)CCN2S(C)(=O)=O. The second kappa shape index (κ2) is 6.87. The zero-order valence-corrected chi connectivity index (χ0v) is 15.6. The first kappa shape index (κ1) is 18.1. The molecule has 0 radical (unpaired) electrons. The van der Waals surface area contributed by atoms with Gasteiger partial charge in [0.1, 0.15) is 17.1 Å². The standard InChI is InChI=1S/C18H20N2O5S/c1-24-15-5-4-6-16(25-2)17(15)18(21)19-13-7-8-14-12(11-13)9-10-20(14)26(3,22)23/h4-8,11H,9-10H2,1-3H3,(H,19,21). The van der Waals surface area contributed by atoms with E-state index >= 15 is 0 Å². The lowest BCUT2D eigenvalue weighted by Gasteiger charge is -2.17. The topological polar surface area (TPSA) is 84.9 Å². The summed E-state index contributed by atoms with van der Waals surface area (Å²) in [5, 5.41) is 2.82. The lowest BCUT2D eigenvalue weighted by molar-refractivity contribution is 0.102. The highest BCUT2D eigenvalue weighted by Crippen LogP contribution is 2.33. The summed E-state index contributed by atoms with van der Waals surface area (Å²) < 4.78 is 35.5. The quantitative estimate of drug-likeness (QED) is 0.865. The van der Waals surface area contributed by atoms with E-state index in [1.54, 1.807) is 36.4 Å². The Morgan fingerprint density at radius 2 is 1.77 bits per heavy atom. The smallest absolute Gasteiger partial charge is 0.263 e. The molecule has 0 bridgehead atoms. The minimum atomic E-state index is -3.30. The average Bonchev–Trinajstić information content (AvgIpc) is 3.04. The Labute approximate surface area is 152 Å². The number of methoxy groups -OCH3 is 2. The molecule has 0 saturated carbocycles. The van der Waals surface area contributed by atoms with Crippen LogP contribution in [0, 0.1) is 0 Å². The number of amides is 1. The molecule has 26 heavy (non-hydrogen) atoms. The third kappa shape index (κ3) is 3.32. The Bertz CT molecular complexity index is 934. The molecule has 0 fully saturated rings. The molecule has 0 aromatic heterocycles. The molecule has 1 heterocycles. The summed E-state index contributed by atoms with van der Waals surface area (Å²) in [4.78, 5) is 12.7. The number of nitrogens with zero attached hydrogens (tertiary/aromatic N) is 1. The first-order chi connectivity index (χ1) is 12.3. The summed E-state index contributed by atoms with van der Waals surface area (Å²) >= 11 is 0. The van der Waals surface area contributed by atoms with Crippen molar-refractivity contribution in [1.29, 1.82) is 0 Å². The third-order valence-corrected chi connectivity index (χ3v) is 5.43. The fourth-order valence-electron chi connectivity index (χ4n) is 3.06. The number of nitrogens with one attached hydrogen (secondary N) is 1. The van der Waals surface area contributed by atoms with Crippen LogP contribution in [0.5, 0.6) is 11.5 Å². The van der Waals surface area contributed by atoms with E-state index in [1.165, 1.54) is 24.8 Å². The van der Waals surface area contributed by atoms with Gasteiger partial charge in [-0.25, -0.2) is 8.42 Å². The van der Waals surface area contributed by atoms with E-state index in [0.717, 1.165) is 5.56 Å². The zero-order valence-electron chi connectivity index (χ0n) is 14.8. The number of carbonyl (C=O) groups is 1. The molecule has 1 N–H and O–H groups in total. The number of benzene rings is 2. The van der Waals surface area contributed by atoms with Crippen LogP contribution in [-0.2, 0) is 16.4 Å². The molecule has 0 aliphatic carbocycles. The summed E-state index contributed by atoms with van der Waals surface area (Å²) in [6.07, 6.45) is 1.79. The molecule has 7 nitrogen and oxygen atoms in total. The monoisotopic (exact) mass is 376 g/mol. The maximum atomic E-state index is 12.7. The molecule has 0 saturated heterocycles. The molecule has 138 valence electrons. The molecule has 2 aromatic rings. The summed E-state index contributed by atoms with van der Waals surface area (Å²) in [5.41, 5.74) is 2.41. The van der Waals surface area contributed by atoms with E-state index < -0.39 is 10.0 Å². The van der Waals surface area contributed by atoms with Gasteiger partial charge in [0.2, 0.25) is 10.0 Å². The molecule has 0 atom stereocenters. The number of hydrogen-bond donors (Lipinski definition) is 1. The minimum absolute atomic E-state index is 0.302. The van der Waals surface area contributed by atoms with Gasteiger partial charge >= 0.3 is 0 Å². The lowest BCUT2D eigenvalue weighted by atomic mass is 10.1. The molecule has 1 aliphatic heterocycles. The van der Waals surface area contributed by atoms with E-state index in [4.69, 9.17) is 9.47 Å². The van der Waals surface area contributed by atoms with Crippen LogP contribution in [0.25, 0.3) is 0 Å². The number of fused-ring (bicyclic) bond motifs is 1. The Morgan fingerprint density at radius 1 is 1.12 bits per heavy atom. The number of hydrogen-bond acceptors (Lipinski definition) is 5. The van der Waals surface area contributed by atoms with E-state index in [0.29, 0.717) is 41.4 Å². The first-order valence-electron chi connectivity index (χ1n) is 7.98. The summed E-state index contributed by atoms with van der Waals surface area (Å²) in [6.45, 7) is 0.409. The Balaban J connectivity index is 1.89. The summed E-state index contributed by atoms with van der Waals surface area (Å²) in [6, 6.07) is 10.3. The van der Waals surface area contributed by atoms with Gasteiger partial charge in [0, 0.05) is 12.2 Å². The van der Waals surface area contributed by atoms with Gasteiger partial charge in [0.15, 0.2) is 0 Å². The van der Waals surface area contributed by atoms with Crippen molar-refractivity contribution < 1.29 is 22.7 Å². The van der Waals surface area contributed by atoms with Gasteiger partial charge in [-0.05, 0) is 42.3 Å². The molecule has 8 heteroatoms. The van der Waals surface area contributed by atoms with Crippen molar-refractivity contribution in [1.82, 2.24) is 0 Å². The molecular formula is C18H20N2O5S. The van der Waals surface area contributed by atoms with Crippen LogP contribution in [0.1, 0.15) is 15.9 Å². The van der Waals surface area contributed by atoms with Gasteiger partial charge in [-0.3, -0.25) is 9.10 Å². The summed E-state index contributed by atoms with van der Waals surface area (Å²) in [7, 11) is -0.326. The largest absolute Gasteiger partial charge is 0.496 e. The predicted octanol–water partition coefficient (Wildman–Crippen LogP) is 2.28. The van der Waals surface area contributed by atoms with Gasteiger partial charge in [-0.15, -0.1) is 0 Å². The second-order valence-corrected chi connectivity index (χ2v) is 7.83. The van der Waals surface area contributed by atoms with Crippen molar-refractivity contribution in [3.8, 4) is 11.5 Å². The van der Waals surface area contributed by atoms with Crippen molar-refractivity contribution in [2.75, 3.05) is 36.6 Å². The number of sulfonamides is 1. The fourth-order valence-corrected chi connectivity index (χ4v) is 4.02. The molecule has 1 aliphatic rings. The van der Waals surface area contributed by atoms with E-state index in [-0.39, 0.29) is 5.91 Å². The molecule has 0 unspecified atom stereocenters. The lowest BCUT2D eigenvalue weighted by Crippen LogP contribution is -2.27. The number of ether oxygens (including phenoxy) is 2. The van der Waals surface area contributed by atoms with E-state index in [9.17, 15) is 13.2 Å². The highest BCUT2D eigenvalue weighted by Gasteiger charge is 2.26. The molecular weight excluding hydrogens is 356 g/mol. The number of carbonyl (C=O) groups excluding carboxylic acids is 1. The van der Waals surface area contributed by atoms with E-state index in [1.807, 2.05) is 0 Å². The second-order valence-electron chi connectivity index (χ2n) is 5.92. The molecule has 3 rings (SSSR count). The van der Waals surface area contributed by atoms with Crippen LogP contribution in [0.2, 0.25) is 0 Å². The third-order valence-electron chi connectivity index (χ3n) is 4.25. The van der Waals surface area contributed by atoms with Crippen molar-refractivity contribution in [3.63, 3.8) is 0 Å². The predicted molar refractivity (Wildman–Crippen MR) is 99.8 cm³/mol. The van der Waals surface area contributed by atoms with Gasteiger partial charge < -0.3 is 14.8 Å². The fraction of sp³-hybridized carbons (Fsp3) is 0.278. The van der Waals surface area contributed by atoms with Gasteiger partial charge in [0.25, 0.3) is 5.91 Å². The van der Waals surface area contributed by atoms with Gasteiger partial charge in [0.05, 0.1) is 26.2 Å². The molecule has 2 aromatic carbocycles. The Morgan fingerprint density at radius 3 is 2.35 bits per heavy atom. The first-order valence-corrected chi connectivity index (χ1v) is 9.83. The van der Waals surface area contributed by atoms with Crippen LogP contribution in [0.15, 0.2) is 36.4 Å². The van der Waals surface area contributed by atoms with Crippen molar-refractivity contribution in [2.45, 2.75) is 6.42 Å². The van der Waals surface area contributed by atoms with Crippen molar-refractivity contribution in [3.05, 3.63) is 47.5 Å². The van der Waals surface area contributed by atoms with Crippen molar-refractivity contribution in [2.24, 2.45) is 0 Å². The normalized spacial score (nSPS) is 13.3. The Hall–Kier alpha value is -2.74. The van der Waals surface area contributed by atoms with Gasteiger partial charge in [-0.1, -0.05) is 6.07 Å².